The summed E-state index contributed by atoms with van der Waals surface area (Å²) in [6, 6.07) is -0.837. The minimum Gasteiger partial charge on any atom is -0.480 e. The summed E-state index contributed by atoms with van der Waals surface area (Å²) >= 11 is 0. The van der Waals surface area contributed by atoms with Crippen molar-refractivity contribution in [3.8, 4) is 0 Å². The molecule has 20 heavy (non-hydrogen) atoms. The molecule has 0 spiro atoms. The molecule has 1 aliphatic heterocycles. The van der Waals surface area contributed by atoms with Gasteiger partial charge in [-0.3, -0.25) is 4.79 Å². The fraction of sp³-hybridized carbons (Fsp3) is 0.929. The van der Waals surface area contributed by atoms with E-state index in [4.69, 9.17) is 0 Å². The highest BCUT2D eigenvalue weighted by atomic mass is 32.2. The molecular weight excluding hydrogens is 278 g/mol. The summed E-state index contributed by atoms with van der Waals surface area (Å²) in [5.41, 5.74) is -0.0702. The van der Waals surface area contributed by atoms with Crippen molar-refractivity contribution in [1.29, 1.82) is 0 Å². The van der Waals surface area contributed by atoms with Crippen molar-refractivity contribution in [2.45, 2.75) is 57.4 Å². The van der Waals surface area contributed by atoms with Crippen molar-refractivity contribution in [3.05, 3.63) is 0 Å². The highest BCUT2D eigenvalue weighted by Gasteiger charge is 2.47. The molecule has 4 aliphatic rings. The van der Waals surface area contributed by atoms with Gasteiger partial charge in [-0.1, -0.05) is 0 Å². The number of carboxylic acids is 1. The maximum absolute atomic E-state index is 12.7. The molecule has 6 heteroatoms. The van der Waals surface area contributed by atoms with Crippen LogP contribution in [0, 0.1) is 11.3 Å². The summed E-state index contributed by atoms with van der Waals surface area (Å²) in [5, 5.41) is 9.18. The van der Waals surface area contributed by atoms with Crippen LogP contribution in [0.4, 0.5) is 0 Å². The van der Waals surface area contributed by atoms with E-state index in [1.807, 2.05) is 0 Å². The monoisotopic (exact) mass is 301 g/mol. The van der Waals surface area contributed by atoms with Gasteiger partial charge in [-0.05, 0) is 62.7 Å². The first-order valence-corrected chi connectivity index (χ1v) is 9.25. The third-order valence-corrected chi connectivity index (χ3v) is 7.71. The van der Waals surface area contributed by atoms with Gasteiger partial charge >= 0.3 is 5.97 Å². The zero-order valence-electron chi connectivity index (χ0n) is 11.8. The second-order valence-corrected chi connectivity index (χ2v) is 8.77. The summed E-state index contributed by atoms with van der Waals surface area (Å²) in [7, 11) is -3.45. The Bertz CT molecular complexity index is 480. The topological polar surface area (TPSA) is 74.7 Å². The Morgan fingerprint density at radius 2 is 1.75 bits per heavy atom. The largest absolute Gasteiger partial charge is 0.480 e. The Labute approximate surface area is 120 Å². The van der Waals surface area contributed by atoms with Crippen LogP contribution in [-0.2, 0) is 14.8 Å². The van der Waals surface area contributed by atoms with Crippen LogP contribution in [-0.4, -0.2) is 42.1 Å². The van der Waals surface area contributed by atoms with Crippen molar-refractivity contribution in [2.75, 3.05) is 12.3 Å². The molecule has 0 unspecified atom stereocenters. The van der Waals surface area contributed by atoms with Crippen LogP contribution >= 0.6 is 0 Å². The van der Waals surface area contributed by atoms with Gasteiger partial charge in [0.2, 0.25) is 10.0 Å². The highest BCUT2D eigenvalue weighted by Crippen LogP contribution is 2.51. The molecular formula is C14H23NO4S. The second-order valence-electron chi connectivity index (χ2n) is 6.85. The lowest BCUT2D eigenvalue weighted by Crippen LogP contribution is -2.47. The van der Waals surface area contributed by atoms with Gasteiger partial charge in [0.25, 0.3) is 0 Å². The van der Waals surface area contributed by atoms with Gasteiger partial charge in [0.05, 0.1) is 5.75 Å². The molecule has 3 saturated carbocycles. The van der Waals surface area contributed by atoms with Gasteiger partial charge in [-0.2, -0.15) is 4.31 Å². The molecule has 3 aliphatic carbocycles. The molecule has 0 radical (unpaired) electrons. The lowest BCUT2D eigenvalue weighted by atomic mass is 9.62. The Kier molecular flexibility index (Phi) is 3.57. The lowest BCUT2D eigenvalue weighted by molar-refractivity contribution is -0.140. The van der Waals surface area contributed by atoms with E-state index >= 15 is 0 Å². The zero-order chi connectivity index (χ0) is 14.4. The summed E-state index contributed by atoms with van der Waals surface area (Å²) in [6.45, 7) is 0.373. The van der Waals surface area contributed by atoms with Crippen LogP contribution in [0.25, 0.3) is 0 Å². The molecule has 1 saturated heterocycles. The lowest BCUT2D eigenvalue weighted by Gasteiger charge is -2.46. The summed E-state index contributed by atoms with van der Waals surface area (Å²) < 4.78 is 26.6. The molecule has 0 aromatic carbocycles. The number of carboxylic acid groups (broad SMARTS) is 1. The van der Waals surface area contributed by atoms with Crippen LogP contribution in [0.3, 0.4) is 0 Å². The van der Waals surface area contributed by atoms with Crippen LogP contribution in [0.5, 0.6) is 0 Å². The molecule has 0 aromatic heterocycles. The first-order chi connectivity index (χ1) is 9.42. The predicted octanol–water partition coefficient (Wildman–Crippen LogP) is 1.84. The number of hydrogen-bond donors (Lipinski definition) is 1. The minimum absolute atomic E-state index is 0.0702. The molecule has 4 fully saturated rings. The van der Waals surface area contributed by atoms with Crippen LogP contribution in [0.15, 0.2) is 0 Å². The van der Waals surface area contributed by atoms with Crippen LogP contribution in [0.2, 0.25) is 0 Å². The van der Waals surface area contributed by atoms with Crippen molar-refractivity contribution in [1.82, 2.24) is 4.31 Å². The Morgan fingerprint density at radius 1 is 1.15 bits per heavy atom. The zero-order valence-corrected chi connectivity index (χ0v) is 12.6. The molecule has 114 valence electrons. The second kappa shape index (κ2) is 4.98. The van der Waals surface area contributed by atoms with Gasteiger partial charge < -0.3 is 5.11 Å². The summed E-state index contributed by atoms with van der Waals surface area (Å²) in [6.07, 6.45) is 7.57. The summed E-state index contributed by atoms with van der Waals surface area (Å²) in [4.78, 5) is 11.2. The Morgan fingerprint density at radius 3 is 2.30 bits per heavy atom. The average molecular weight is 301 g/mol. The molecule has 1 atom stereocenters. The van der Waals surface area contributed by atoms with E-state index in [9.17, 15) is 18.3 Å². The molecule has 5 nitrogen and oxygen atoms in total. The maximum Gasteiger partial charge on any atom is 0.322 e. The van der Waals surface area contributed by atoms with Crippen LogP contribution < -0.4 is 0 Å². The molecule has 2 bridgehead atoms. The number of hydrogen-bond acceptors (Lipinski definition) is 3. The van der Waals surface area contributed by atoms with Gasteiger partial charge in [0.1, 0.15) is 6.04 Å². The molecule has 0 aromatic rings. The first kappa shape index (κ1) is 14.3. The van der Waals surface area contributed by atoms with Crippen molar-refractivity contribution in [2.24, 2.45) is 11.3 Å². The van der Waals surface area contributed by atoms with E-state index in [0.29, 0.717) is 19.4 Å². The van der Waals surface area contributed by atoms with Crippen molar-refractivity contribution >= 4 is 16.0 Å². The molecule has 0 amide bonds. The van der Waals surface area contributed by atoms with Crippen LogP contribution in [0.1, 0.15) is 51.4 Å². The third-order valence-electron chi connectivity index (χ3n) is 5.58. The minimum atomic E-state index is -3.45. The number of sulfonamides is 1. The fourth-order valence-electron chi connectivity index (χ4n) is 4.35. The number of rotatable bonds is 4. The number of fused-ring (bicyclic) bond motifs is 3. The van der Waals surface area contributed by atoms with E-state index in [2.05, 4.69) is 0 Å². The SMILES string of the molecule is O=C(O)[C@H]1CCCN1S(=O)(=O)CC12CCC(CC1)CC2. The van der Waals surface area contributed by atoms with E-state index < -0.39 is 22.0 Å². The number of carbonyl (C=O) groups is 1. The van der Waals surface area contributed by atoms with E-state index in [-0.39, 0.29) is 11.2 Å². The molecule has 4 rings (SSSR count). The number of aliphatic carboxylic acids is 1. The van der Waals surface area contributed by atoms with E-state index in [1.54, 1.807) is 0 Å². The Balaban J connectivity index is 1.77. The quantitative estimate of drug-likeness (QED) is 0.859. The predicted molar refractivity (Wildman–Crippen MR) is 74.8 cm³/mol. The number of nitrogens with zero attached hydrogens (tertiary/aromatic N) is 1. The first-order valence-electron chi connectivity index (χ1n) is 7.64. The van der Waals surface area contributed by atoms with Crippen molar-refractivity contribution < 1.29 is 18.3 Å². The maximum atomic E-state index is 12.7. The van der Waals surface area contributed by atoms with Crippen molar-refractivity contribution in [3.63, 3.8) is 0 Å². The average Bonchev–Trinajstić information content (AvgIpc) is 2.90. The standard InChI is InChI=1S/C14H23NO4S/c16-13(17)12-2-1-9-15(12)20(18,19)10-14-6-3-11(4-7-14)5-8-14/h11-12H,1-10H2,(H,16,17)/t11?,12-,14?/m1/s1. The van der Waals surface area contributed by atoms with Gasteiger partial charge in [-0.15, -0.1) is 0 Å². The van der Waals surface area contributed by atoms with E-state index in [1.165, 1.54) is 4.31 Å². The normalized spacial score (nSPS) is 38.2. The van der Waals surface area contributed by atoms with Gasteiger partial charge in [0.15, 0.2) is 0 Å². The molecule has 1 heterocycles. The fourth-order valence-corrected chi connectivity index (χ4v) is 6.71. The van der Waals surface area contributed by atoms with Gasteiger partial charge in [0, 0.05) is 6.54 Å². The smallest absolute Gasteiger partial charge is 0.322 e. The molecule has 1 N–H and O–H groups in total. The van der Waals surface area contributed by atoms with Gasteiger partial charge in [-0.25, -0.2) is 8.42 Å². The Hall–Kier alpha value is -0.620. The highest BCUT2D eigenvalue weighted by molar-refractivity contribution is 7.89. The van der Waals surface area contributed by atoms with E-state index in [0.717, 1.165) is 44.4 Å². The summed E-state index contributed by atoms with van der Waals surface area (Å²) in [5.74, 6) is -0.0367. The third kappa shape index (κ3) is 2.48.